The second-order valence-corrected chi connectivity index (χ2v) is 7.44. The lowest BCUT2D eigenvalue weighted by molar-refractivity contribution is 0.208. The van der Waals surface area contributed by atoms with Crippen LogP contribution >= 0.6 is 11.8 Å². The van der Waals surface area contributed by atoms with Crippen LogP contribution in [-0.2, 0) is 7.05 Å². The molecule has 144 valence electrons. The first-order valence-corrected chi connectivity index (χ1v) is 9.84. The Morgan fingerprint density at radius 1 is 1.00 bits per heavy atom. The molecule has 3 heterocycles. The molecule has 1 fully saturated rings. The summed E-state index contributed by atoms with van der Waals surface area (Å²) in [5.41, 5.74) is 0.781. The molecule has 0 saturated carbocycles. The van der Waals surface area contributed by atoms with E-state index in [4.69, 9.17) is 0 Å². The van der Waals surface area contributed by atoms with Gasteiger partial charge in [-0.2, -0.15) is 0 Å². The summed E-state index contributed by atoms with van der Waals surface area (Å²) in [6, 6.07) is 9.51. The summed E-state index contributed by atoms with van der Waals surface area (Å²) in [7, 11) is 1.97. The van der Waals surface area contributed by atoms with Crippen molar-refractivity contribution in [2.24, 2.45) is 7.05 Å². The van der Waals surface area contributed by atoms with E-state index >= 15 is 0 Å². The monoisotopic (exact) mass is 395 g/mol. The van der Waals surface area contributed by atoms with Gasteiger partial charge in [-0.25, -0.2) is 19.7 Å². The third-order valence-electron chi connectivity index (χ3n) is 4.49. The number of benzene rings is 1. The Bertz CT molecular complexity index is 921. The summed E-state index contributed by atoms with van der Waals surface area (Å²) in [5.74, 6) is 0.711. The molecule has 28 heavy (non-hydrogen) atoms. The van der Waals surface area contributed by atoms with Gasteiger partial charge in [0.05, 0.1) is 0 Å². The largest absolute Gasteiger partial charge is 0.337 e. The number of amides is 2. The van der Waals surface area contributed by atoms with E-state index in [1.807, 2.05) is 47.0 Å². The fourth-order valence-corrected chi connectivity index (χ4v) is 3.73. The standard InChI is InChI=1S/C19H21N7OS/c1-24-10-9-22-19(24)28-16-5-3-15(4-6-16)23-18(27)26-13-11-25(12-14-26)17-20-7-2-8-21-17/h2-10H,11-14H2,1H3,(H,23,27). The maximum Gasteiger partial charge on any atom is 0.321 e. The minimum absolute atomic E-state index is 0.0851. The molecule has 3 aromatic rings. The quantitative estimate of drug-likeness (QED) is 0.732. The van der Waals surface area contributed by atoms with Gasteiger partial charge < -0.3 is 19.7 Å². The highest BCUT2D eigenvalue weighted by Gasteiger charge is 2.22. The number of imidazole rings is 1. The van der Waals surface area contributed by atoms with Gasteiger partial charge in [0, 0.05) is 68.6 Å². The number of hydrogen-bond donors (Lipinski definition) is 1. The van der Waals surface area contributed by atoms with Crippen molar-refractivity contribution < 1.29 is 4.79 Å². The Kier molecular flexibility index (Phi) is 5.43. The molecule has 1 aromatic carbocycles. The molecule has 0 spiro atoms. The summed E-state index contributed by atoms with van der Waals surface area (Å²) in [5, 5.41) is 3.90. The minimum Gasteiger partial charge on any atom is -0.337 e. The smallest absolute Gasteiger partial charge is 0.321 e. The van der Waals surface area contributed by atoms with Crippen LogP contribution < -0.4 is 10.2 Å². The first kappa shape index (κ1) is 18.3. The molecule has 8 nitrogen and oxygen atoms in total. The Morgan fingerprint density at radius 3 is 2.36 bits per heavy atom. The van der Waals surface area contributed by atoms with Crippen LogP contribution in [0.25, 0.3) is 0 Å². The third kappa shape index (κ3) is 4.25. The number of carbonyl (C=O) groups excluding carboxylic acids is 1. The summed E-state index contributed by atoms with van der Waals surface area (Å²) in [6.45, 7) is 2.71. The molecule has 4 rings (SSSR count). The summed E-state index contributed by atoms with van der Waals surface area (Å²) in [6.07, 6.45) is 7.16. The zero-order valence-corrected chi connectivity index (χ0v) is 16.3. The lowest BCUT2D eigenvalue weighted by Crippen LogP contribution is -2.50. The van der Waals surface area contributed by atoms with Crippen molar-refractivity contribution in [2.45, 2.75) is 10.1 Å². The van der Waals surface area contributed by atoms with Gasteiger partial charge in [0.1, 0.15) is 0 Å². The van der Waals surface area contributed by atoms with Gasteiger partial charge in [0.2, 0.25) is 5.95 Å². The van der Waals surface area contributed by atoms with Gasteiger partial charge in [-0.1, -0.05) is 11.8 Å². The normalized spacial score (nSPS) is 14.2. The molecule has 1 aliphatic rings. The molecule has 9 heteroatoms. The topological polar surface area (TPSA) is 79.2 Å². The van der Waals surface area contributed by atoms with Crippen LogP contribution in [0.1, 0.15) is 0 Å². The Balaban J connectivity index is 1.30. The fourth-order valence-electron chi connectivity index (χ4n) is 2.93. The molecule has 2 aromatic heterocycles. The molecule has 0 atom stereocenters. The number of urea groups is 1. The van der Waals surface area contributed by atoms with Crippen molar-refractivity contribution in [1.29, 1.82) is 0 Å². The van der Waals surface area contributed by atoms with Crippen LogP contribution in [0.15, 0.2) is 65.2 Å². The zero-order valence-electron chi connectivity index (χ0n) is 15.5. The molecule has 0 bridgehead atoms. The average molecular weight is 395 g/mol. The number of hydrogen-bond acceptors (Lipinski definition) is 6. The van der Waals surface area contributed by atoms with Crippen LogP contribution in [0.2, 0.25) is 0 Å². The van der Waals surface area contributed by atoms with Crippen molar-refractivity contribution in [3.8, 4) is 0 Å². The lowest BCUT2D eigenvalue weighted by atomic mass is 10.3. The van der Waals surface area contributed by atoms with Crippen LogP contribution in [0.5, 0.6) is 0 Å². The molecular weight excluding hydrogens is 374 g/mol. The van der Waals surface area contributed by atoms with E-state index in [-0.39, 0.29) is 6.03 Å². The number of carbonyl (C=O) groups is 1. The molecule has 0 aliphatic carbocycles. The van der Waals surface area contributed by atoms with E-state index in [0.29, 0.717) is 19.0 Å². The highest BCUT2D eigenvalue weighted by molar-refractivity contribution is 7.99. The van der Waals surface area contributed by atoms with Gasteiger partial charge in [-0.15, -0.1) is 0 Å². The SMILES string of the molecule is Cn1ccnc1Sc1ccc(NC(=O)N2CCN(c3ncccn3)CC2)cc1. The van der Waals surface area contributed by atoms with Gasteiger partial charge in [0.15, 0.2) is 5.16 Å². The number of aromatic nitrogens is 4. The number of nitrogens with one attached hydrogen (secondary N) is 1. The predicted octanol–water partition coefficient (Wildman–Crippen LogP) is 2.72. The minimum atomic E-state index is -0.0851. The van der Waals surface area contributed by atoms with Gasteiger partial charge in [-0.05, 0) is 30.3 Å². The molecule has 1 N–H and O–H groups in total. The van der Waals surface area contributed by atoms with Crippen molar-refractivity contribution in [2.75, 3.05) is 36.4 Å². The molecular formula is C19H21N7OS. The van der Waals surface area contributed by atoms with E-state index in [1.54, 1.807) is 36.4 Å². The number of rotatable bonds is 4. The molecule has 1 aliphatic heterocycles. The summed E-state index contributed by atoms with van der Waals surface area (Å²) < 4.78 is 1.97. The van der Waals surface area contributed by atoms with E-state index in [0.717, 1.165) is 28.8 Å². The number of aryl methyl sites for hydroxylation is 1. The van der Waals surface area contributed by atoms with Crippen molar-refractivity contribution in [1.82, 2.24) is 24.4 Å². The number of piperazine rings is 1. The van der Waals surface area contributed by atoms with Gasteiger partial charge >= 0.3 is 6.03 Å². The van der Waals surface area contributed by atoms with Crippen LogP contribution in [0.4, 0.5) is 16.4 Å². The van der Waals surface area contributed by atoms with Crippen LogP contribution in [0, 0.1) is 0 Å². The van der Waals surface area contributed by atoms with Gasteiger partial charge in [-0.3, -0.25) is 0 Å². The summed E-state index contributed by atoms with van der Waals surface area (Å²) >= 11 is 1.59. The highest BCUT2D eigenvalue weighted by Crippen LogP contribution is 2.26. The zero-order chi connectivity index (χ0) is 19.3. The average Bonchev–Trinajstić information content (AvgIpc) is 3.14. The van der Waals surface area contributed by atoms with Crippen molar-refractivity contribution in [3.63, 3.8) is 0 Å². The fraction of sp³-hybridized carbons (Fsp3) is 0.263. The van der Waals surface area contributed by atoms with Crippen LogP contribution in [-0.4, -0.2) is 56.6 Å². The van der Waals surface area contributed by atoms with Crippen molar-refractivity contribution in [3.05, 3.63) is 55.1 Å². The highest BCUT2D eigenvalue weighted by atomic mass is 32.2. The maximum atomic E-state index is 12.5. The Morgan fingerprint density at radius 2 is 1.71 bits per heavy atom. The summed E-state index contributed by atoms with van der Waals surface area (Å²) in [4.78, 5) is 30.4. The lowest BCUT2D eigenvalue weighted by Gasteiger charge is -2.34. The van der Waals surface area contributed by atoms with E-state index in [1.165, 1.54) is 0 Å². The Labute approximate surface area is 167 Å². The van der Waals surface area contributed by atoms with Gasteiger partial charge in [0.25, 0.3) is 0 Å². The third-order valence-corrected chi connectivity index (χ3v) is 5.58. The second kappa shape index (κ2) is 8.30. The Hall–Kier alpha value is -3.07. The molecule has 2 amide bonds. The van der Waals surface area contributed by atoms with Crippen molar-refractivity contribution >= 4 is 29.4 Å². The first-order chi connectivity index (χ1) is 13.7. The number of nitrogens with zero attached hydrogens (tertiary/aromatic N) is 6. The van der Waals surface area contributed by atoms with E-state index in [2.05, 4.69) is 25.2 Å². The molecule has 0 radical (unpaired) electrons. The van der Waals surface area contributed by atoms with E-state index in [9.17, 15) is 4.79 Å². The second-order valence-electron chi connectivity index (χ2n) is 6.40. The predicted molar refractivity (Wildman–Crippen MR) is 109 cm³/mol. The van der Waals surface area contributed by atoms with E-state index < -0.39 is 0 Å². The first-order valence-electron chi connectivity index (χ1n) is 9.02. The maximum absolute atomic E-state index is 12.5. The number of anilines is 2. The molecule has 0 unspecified atom stereocenters. The van der Waals surface area contributed by atoms with Crippen LogP contribution in [0.3, 0.4) is 0 Å². The molecule has 1 saturated heterocycles.